The van der Waals surface area contributed by atoms with Gasteiger partial charge in [0.1, 0.15) is 5.69 Å². The second kappa shape index (κ2) is 8.98. The molecule has 6 nitrogen and oxygen atoms in total. The summed E-state index contributed by atoms with van der Waals surface area (Å²) in [5.41, 5.74) is 1.03. The second-order valence-corrected chi connectivity index (χ2v) is 5.50. The van der Waals surface area contributed by atoms with E-state index in [4.69, 9.17) is 4.74 Å². The minimum atomic E-state index is -0.288. The Morgan fingerprint density at radius 2 is 2.00 bits per heavy atom. The zero-order chi connectivity index (χ0) is 17.4. The van der Waals surface area contributed by atoms with Gasteiger partial charge in [-0.3, -0.25) is 9.59 Å². The van der Waals surface area contributed by atoms with Gasteiger partial charge in [0.25, 0.3) is 11.5 Å². The number of hydrogen-bond donors (Lipinski definition) is 1. The van der Waals surface area contributed by atoms with Crippen molar-refractivity contribution in [3.05, 3.63) is 64.1 Å². The van der Waals surface area contributed by atoms with Crippen LogP contribution < -0.4 is 10.9 Å². The molecule has 1 N–H and O–H groups in total. The van der Waals surface area contributed by atoms with Crippen LogP contribution in [0.25, 0.3) is 0 Å². The van der Waals surface area contributed by atoms with Gasteiger partial charge < -0.3 is 10.1 Å². The fraction of sp³-hybridized carbons (Fsp3) is 0.389. The SMILES string of the molecule is CCC[C@H](NC(=O)c1ccc(=O)n(CCOC)n1)c1ccccc1. The first-order chi connectivity index (χ1) is 11.7. The Balaban J connectivity index is 2.16. The highest BCUT2D eigenvalue weighted by atomic mass is 16.5. The minimum absolute atomic E-state index is 0.0788. The van der Waals surface area contributed by atoms with Gasteiger partial charge in [-0.15, -0.1) is 0 Å². The lowest BCUT2D eigenvalue weighted by molar-refractivity contribution is 0.0925. The lowest BCUT2D eigenvalue weighted by Gasteiger charge is -2.18. The monoisotopic (exact) mass is 329 g/mol. The van der Waals surface area contributed by atoms with E-state index in [9.17, 15) is 9.59 Å². The Morgan fingerprint density at radius 3 is 2.67 bits per heavy atom. The van der Waals surface area contributed by atoms with Gasteiger partial charge in [-0.25, -0.2) is 4.68 Å². The zero-order valence-corrected chi connectivity index (χ0v) is 14.1. The van der Waals surface area contributed by atoms with Crippen LogP contribution in [0.1, 0.15) is 41.9 Å². The summed E-state index contributed by atoms with van der Waals surface area (Å²) in [4.78, 5) is 24.3. The molecule has 0 bridgehead atoms. The van der Waals surface area contributed by atoms with Crippen molar-refractivity contribution in [2.75, 3.05) is 13.7 Å². The third-order valence-corrected chi connectivity index (χ3v) is 3.69. The molecule has 6 heteroatoms. The molecule has 0 aliphatic carbocycles. The van der Waals surface area contributed by atoms with Crippen molar-refractivity contribution >= 4 is 5.91 Å². The van der Waals surface area contributed by atoms with Crippen molar-refractivity contribution in [1.29, 1.82) is 0 Å². The fourth-order valence-corrected chi connectivity index (χ4v) is 2.44. The first-order valence-electron chi connectivity index (χ1n) is 8.08. The molecule has 0 saturated heterocycles. The molecule has 1 heterocycles. The van der Waals surface area contributed by atoms with Crippen LogP contribution in [0.2, 0.25) is 0 Å². The summed E-state index contributed by atoms with van der Waals surface area (Å²) in [6.07, 6.45) is 1.78. The number of methoxy groups -OCH3 is 1. The molecule has 128 valence electrons. The predicted molar refractivity (Wildman–Crippen MR) is 91.9 cm³/mol. The first kappa shape index (κ1) is 17.9. The summed E-state index contributed by atoms with van der Waals surface area (Å²) < 4.78 is 6.20. The number of nitrogens with one attached hydrogen (secondary N) is 1. The molecule has 2 rings (SSSR count). The number of carbonyl (C=O) groups is 1. The Labute approximate surface area is 141 Å². The molecule has 1 amide bonds. The van der Waals surface area contributed by atoms with Gasteiger partial charge in [0.2, 0.25) is 0 Å². The molecule has 0 fully saturated rings. The van der Waals surface area contributed by atoms with Crippen molar-refractivity contribution in [1.82, 2.24) is 15.1 Å². The van der Waals surface area contributed by atoms with Crippen molar-refractivity contribution in [3.63, 3.8) is 0 Å². The average molecular weight is 329 g/mol. The zero-order valence-electron chi connectivity index (χ0n) is 14.1. The van der Waals surface area contributed by atoms with E-state index in [0.29, 0.717) is 13.2 Å². The molecule has 1 atom stereocenters. The van der Waals surface area contributed by atoms with E-state index in [0.717, 1.165) is 18.4 Å². The Kier molecular flexibility index (Phi) is 6.69. The van der Waals surface area contributed by atoms with Gasteiger partial charge in [-0.05, 0) is 18.1 Å². The van der Waals surface area contributed by atoms with Crippen LogP contribution >= 0.6 is 0 Å². The average Bonchev–Trinajstić information content (AvgIpc) is 2.61. The maximum Gasteiger partial charge on any atom is 0.272 e. The lowest BCUT2D eigenvalue weighted by atomic mass is 10.0. The molecule has 0 unspecified atom stereocenters. The van der Waals surface area contributed by atoms with Crippen LogP contribution in [0, 0.1) is 0 Å². The van der Waals surface area contributed by atoms with Gasteiger partial charge in [-0.1, -0.05) is 43.7 Å². The van der Waals surface area contributed by atoms with Gasteiger partial charge in [-0.2, -0.15) is 5.10 Å². The highest BCUT2D eigenvalue weighted by Crippen LogP contribution is 2.18. The van der Waals surface area contributed by atoms with Crippen LogP contribution in [0.4, 0.5) is 0 Å². The first-order valence-corrected chi connectivity index (χ1v) is 8.08. The molecule has 24 heavy (non-hydrogen) atoms. The predicted octanol–water partition coefficient (Wildman–Crippen LogP) is 2.16. The second-order valence-electron chi connectivity index (χ2n) is 5.50. The van der Waals surface area contributed by atoms with E-state index in [1.807, 2.05) is 30.3 Å². The molecular weight excluding hydrogens is 306 g/mol. The largest absolute Gasteiger partial charge is 0.383 e. The molecule has 0 aliphatic rings. The van der Waals surface area contributed by atoms with Crippen LogP contribution in [0.3, 0.4) is 0 Å². The summed E-state index contributed by atoms with van der Waals surface area (Å²) >= 11 is 0. The Hall–Kier alpha value is -2.47. The van der Waals surface area contributed by atoms with E-state index < -0.39 is 0 Å². The topological polar surface area (TPSA) is 73.2 Å². The van der Waals surface area contributed by atoms with Gasteiger partial charge in [0, 0.05) is 13.2 Å². The maximum absolute atomic E-state index is 12.5. The third-order valence-electron chi connectivity index (χ3n) is 3.69. The summed E-state index contributed by atoms with van der Waals surface area (Å²) in [7, 11) is 1.55. The molecule has 0 radical (unpaired) electrons. The summed E-state index contributed by atoms with van der Waals surface area (Å²) in [6, 6.07) is 12.6. The number of nitrogens with zero attached hydrogens (tertiary/aromatic N) is 2. The summed E-state index contributed by atoms with van der Waals surface area (Å²) in [5.74, 6) is -0.288. The Bertz CT molecular complexity index is 713. The Morgan fingerprint density at radius 1 is 1.25 bits per heavy atom. The minimum Gasteiger partial charge on any atom is -0.383 e. The van der Waals surface area contributed by atoms with Gasteiger partial charge >= 0.3 is 0 Å². The fourth-order valence-electron chi connectivity index (χ4n) is 2.44. The number of amides is 1. The molecule has 2 aromatic rings. The highest BCUT2D eigenvalue weighted by molar-refractivity contribution is 5.92. The van der Waals surface area contributed by atoms with Crippen molar-refractivity contribution < 1.29 is 9.53 Å². The lowest BCUT2D eigenvalue weighted by Crippen LogP contribution is -2.32. The molecule has 1 aromatic heterocycles. The van der Waals surface area contributed by atoms with Crippen LogP contribution in [0.5, 0.6) is 0 Å². The van der Waals surface area contributed by atoms with E-state index in [2.05, 4.69) is 17.3 Å². The van der Waals surface area contributed by atoms with Crippen LogP contribution in [0.15, 0.2) is 47.3 Å². The normalized spacial score (nSPS) is 11.9. The number of aromatic nitrogens is 2. The molecule has 0 saturated carbocycles. The van der Waals surface area contributed by atoms with E-state index >= 15 is 0 Å². The number of hydrogen-bond acceptors (Lipinski definition) is 4. The molecular formula is C18H23N3O3. The number of carbonyl (C=O) groups excluding carboxylic acids is 1. The van der Waals surface area contributed by atoms with Crippen LogP contribution in [-0.4, -0.2) is 29.4 Å². The van der Waals surface area contributed by atoms with E-state index in [1.165, 1.54) is 16.8 Å². The molecule has 0 aliphatic heterocycles. The van der Waals surface area contributed by atoms with Gasteiger partial charge in [0.05, 0.1) is 19.2 Å². The smallest absolute Gasteiger partial charge is 0.272 e. The number of benzene rings is 1. The summed E-state index contributed by atoms with van der Waals surface area (Å²) in [5, 5.41) is 7.13. The van der Waals surface area contributed by atoms with E-state index in [-0.39, 0.29) is 23.2 Å². The molecule has 1 aromatic carbocycles. The van der Waals surface area contributed by atoms with Crippen molar-refractivity contribution in [2.24, 2.45) is 0 Å². The quantitative estimate of drug-likeness (QED) is 0.805. The van der Waals surface area contributed by atoms with E-state index in [1.54, 1.807) is 7.11 Å². The van der Waals surface area contributed by atoms with Crippen molar-refractivity contribution in [2.45, 2.75) is 32.4 Å². The summed E-state index contributed by atoms with van der Waals surface area (Å²) in [6.45, 7) is 2.75. The standard InChI is InChI=1S/C18H23N3O3/c1-3-7-15(14-8-5-4-6-9-14)19-18(23)16-10-11-17(22)21(20-16)12-13-24-2/h4-6,8-11,15H,3,7,12-13H2,1-2H3,(H,19,23)/t15-/m0/s1. The third kappa shape index (κ3) is 4.76. The maximum atomic E-state index is 12.5. The van der Waals surface area contributed by atoms with Crippen molar-refractivity contribution in [3.8, 4) is 0 Å². The number of rotatable bonds is 8. The molecule has 0 spiro atoms. The van der Waals surface area contributed by atoms with Gasteiger partial charge in [0.15, 0.2) is 0 Å². The highest BCUT2D eigenvalue weighted by Gasteiger charge is 2.16. The number of ether oxygens (including phenoxy) is 1. The van der Waals surface area contributed by atoms with Crippen LogP contribution in [-0.2, 0) is 11.3 Å².